The summed E-state index contributed by atoms with van der Waals surface area (Å²) in [5.74, 6) is -0.144. The lowest BCUT2D eigenvalue weighted by Crippen LogP contribution is -2.40. The standard InChI is InChI=1S/C21H25N3O2/c1-14-13-16(11-12-22-14)20(25)24-19-10-6-9-18(15(19)2)21(26)23-17-7-4-3-5-8-17/h3-10,14,16,22H,11-13H2,1-2H3,(H,23,26)(H,24,25)/t14-,16-/m0/s1. The van der Waals surface area contributed by atoms with Gasteiger partial charge >= 0.3 is 0 Å². The highest BCUT2D eigenvalue weighted by Crippen LogP contribution is 2.23. The maximum atomic E-state index is 12.6. The SMILES string of the molecule is Cc1c(NC(=O)[C@H]2CCN[C@@H](C)C2)cccc1C(=O)Nc1ccccc1. The van der Waals surface area contributed by atoms with Crippen LogP contribution in [-0.2, 0) is 4.79 Å². The summed E-state index contributed by atoms with van der Waals surface area (Å²) in [4.78, 5) is 25.2. The van der Waals surface area contributed by atoms with Crippen molar-refractivity contribution < 1.29 is 9.59 Å². The lowest BCUT2D eigenvalue weighted by Gasteiger charge is -2.27. The summed E-state index contributed by atoms with van der Waals surface area (Å²) >= 11 is 0. The highest BCUT2D eigenvalue weighted by molar-refractivity contribution is 6.06. The van der Waals surface area contributed by atoms with Crippen LogP contribution in [0.1, 0.15) is 35.7 Å². The summed E-state index contributed by atoms with van der Waals surface area (Å²) in [6, 6.07) is 15.1. The van der Waals surface area contributed by atoms with Gasteiger partial charge in [0.05, 0.1) is 0 Å². The molecule has 3 rings (SSSR count). The van der Waals surface area contributed by atoms with Crippen LogP contribution >= 0.6 is 0 Å². The molecule has 1 aliphatic heterocycles. The third-order valence-electron chi connectivity index (χ3n) is 4.86. The van der Waals surface area contributed by atoms with Crippen LogP contribution in [0.3, 0.4) is 0 Å². The molecule has 0 bridgehead atoms. The number of rotatable bonds is 4. The summed E-state index contributed by atoms with van der Waals surface area (Å²) in [6.45, 7) is 4.82. The first-order valence-corrected chi connectivity index (χ1v) is 9.05. The first kappa shape index (κ1) is 18.1. The summed E-state index contributed by atoms with van der Waals surface area (Å²) in [5.41, 5.74) is 2.78. The van der Waals surface area contributed by atoms with Gasteiger partial charge in [0, 0.05) is 28.9 Å². The van der Waals surface area contributed by atoms with Crippen molar-refractivity contribution in [2.24, 2.45) is 5.92 Å². The molecule has 0 spiro atoms. The van der Waals surface area contributed by atoms with Crippen molar-refractivity contribution in [3.8, 4) is 0 Å². The van der Waals surface area contributed by atoms with Crippen molar-refractivity contribution in [3.05, 3.63) is 59.7 Å². The second-order valence-electron chi connectivity index (χ2n) is 6.86. The van der Waals surface area contributed by atoms with Crippen molar-refractivity contribution in [1.82, 2.24) is 5.32 Å². The molecule has 26 heavy (non-hydrogen) atoms. The lowest BCUT2D eigenvalue weighted by atomic mass is 9.92. The van der Waals surface area contributed by atoms with Crippen LogP contribution in [0.2, 0.25) is 0 Å². The van der Waals surface area contributed by atoms with Gasteiger partial charge in [-0.1, -0.05) is 24.3 Å². The maximum Gasteiger partial charge on any atom is 0.256 e. The van der Waals surface area contributed by atoms with E-state index in [0.29, 0.717) is 17.3 Å². The van der Waals surface area contributed by atoms with Crippen molar-refractivity contribution in [2.75, 3.05) is 17.2 Å². The van der Waals surface area contributed by atoms with E-state index in [9.17, 15) is 9.59 Å². The van der Waals surface area contributed by atoms with E-state index in [1.807, 2.05) is 43.3 Å². The minimum atomic E-state index is -0.180. The first-order chi connectivity index (χ1) is 12.5. The number of nitrogens with one attached hydrogen (secondary N) is 3. The average Bonchev–Trinajstić information content (AvgIpc) is 2.64. The normalized spacial score (nSPS) is 19.6. The largest absolute Gasteiger partial charge is 0.326 e. The van der Waals surface area contributed by atoms with Crippen molar-refractivity contribution in [3.63, 3.8) is 0 Å². The van der Waals surface area contributed by atoms with E-state index in [4.69, 9.17) is 0 Å². The molecule has 0 aliphatic carbocycles. The highest BCUT2D eigenvalue weighted by Gasteiger charge is 2.25. The molecule has 2 amide bonds. The third kappa shape index (κ3) is 4.29. The summed E-state index contributed by atoms with van der Waals surface area (Å²) in [5, 5.41) is 9.26. The Hall–Kier alpha value is -2.66. The molecule has 3 N–H and O–H groups in total. The van der Waals surface area contributed by atoms with Gasteiger partial charge in [-0.15, -0.1) is 0 Å². The van der Waals surface area contributed by atoms with Gasteiger partial charge in [0.1, 0.15) is 0 Å². The van der Waals surface area contributed by atoms with Crippen LogP contribution in [0, 0.1) is 12.8 Å². The molecule has 2 atom stereocenters. The number of anilines is 2. The Balaban J connectivity index is 1.72. The molecule has 2 aromatic rings. The van der Waals surface area contributed by atoms with Crippen LogP contribution < -0.4 is 16.0 Å². The number of carbonyl (C=O) groups excluding carboxylic acids is 2. The van der Waals surface area contributed by atoms with E-state index in [-0.39, 0.29) is 17.7 Å². The van der Waals surface area contributed by atoms with Crippen molar-refractivity contribution in [2.45, 2.75) is 32.7 Å². The van der Waals surface area contributed by atoms with E-state index in [1.54, 1.807) is 12.1 Å². The number of benzene rings is 2. The van der Waals surface area contributed by atoms with Gasteiger partial charge in [0.15, 0.2) is 0 Å². The number of amides is 2. The van der Waals surface area contributed by atoms with Crippen LogP contribution in [0.5, 0.6) is 0 Å². The molecule has 1 aliphatic rings. The van der Waals surface area contributed by atoms with E-state index in [2.05, 4.69) is 22.9 Å². The topological polar surface area (TPSA) is 70.2 Å². The average molecular weight is 351 g/mol. The van der Waals surface area contributed by atoms with Crippen LogP contribution in [-0.4, -0.2) is 24.4 Å². The van der Waals surface area contributed by atoms with Gasteiger partial charge in [-0.05, 0) is 63.1 Å². The number of para-hydroxylation sites is 1. The summed E-state index contributed by atoms with van der Waals surface area (Å²) in [7, 11) is 0. The monoisotopic (exact) mass is 351 g/mol. The van der Waals surface area contributed by atoms with Crippen LogP contribution in [0.25, 0.3) is 0 Å². The molecule has 5 nitrogen and oxygen atoms in total. The molecular formula is C21H25N3O2. The van der Waals surface area contributed by atoms with Crippen molar-refractivity contribution in [1.29, 1.82) is 0 Å². The molecule has 0 saturated carbocycles. The Morgan fingerprint density at radius 1 is 1.04 bits per heavy atom. The smallest absolute Gasteiger partial charge is 0.256 e. The Morgan fingerprint density at radius 2 is 1.81 bits per heavy atom. The Morgan fingerprint density at radius 3 is 2.54 bits per heavy atom. The molecule has 0 aromatic heterocycles. The second kappa shape index (κ2) is 8.15. The minimum absolute atomic E-state index is 0.00690. The fraction of sp³-hybridized carbons (Fsp3) is 0.333. The van der Waals surface area contributed by atoms with E-state index >= 15 is 0 Å². The number of hydrogen-bond donors (Lipinski definition) is 3. The molecule has 136 valence electrons. The van der Waals surface area contributed by atoms with Crippen molar-refractivity contribution >= 4 is 23.2 Å². The Bertz CT molecular complexity index is 789. The maximum absolute atomic E-state index is 12.6. The molecule has 1 fully saturated rings. The highest BCUT2D eigenvalue weighted by atomic mass is 16.2. The van der Waals surface area contributed by atoms with Gasteiger partial charge in [0.2, 0.25) is 5.91 Å². The van der Waals surface area contributed by atoms with Crippen LogP contribution in [0.4, 0.5) is 11.4 Å². The zero-order valence-corrected chi connectivity index (χ0v) is 15.2. The fourth-order valence-corrected chi connectivity index (χ4v) is 3.34. The van der Waals surface area contributed by atoms with Gasteiger partial charge < -0.3 is 16.0 Å². The van der Waals surface area contributed by atoms with Gasteiger partial charge in [-0.2, -0.15) is 0 Å². The molecule has 5 heteroatoms. The van der Waals surface area contributed by atoms with Gasteiger partial charge in [0.25, 0.3) is 5.91 Å². The minimum Gasteiger partial charge on any atom is -0.326 e. The zero-order chi connectivity index (χ0) is 18.5. The van der Waals surface area contributed by atoms with E-state index in [0.717, 1.165) is 30.6 Å². The number of piperidine rings is 1. The predicted octanol–water partition coefficient (Wildman–Crippen LogP) is 3.57. The predicted molar refractivity (Wildman–Crippen MR) is 104 cm³/mol. The molecule has 0 unspecified atom stereocenters. The lowest BCUT2D eigenvalue weighted by molar-refractivity contribution is -0.120. The first-order valence-electron chi connectivity index (χ1n) is 9.05. The molecule has 1 heterocycles. The Kier molecular flexibility index (Phi) is 5.68. The van der Waals surface area contributed by atoms with Gasteiger partial charge in [-0.3, -0.25) is 9.59 Å². The summed E-state index contributed by atoms with van der Waals surface area (Å²) < 4.78 is 0. The molecular weight excluding hydrogens is 326 g/mol. The quantitative estimate of drug-likeness (QED) is 0.789. The fourth-order valence-electron chi connectivity index (χ4n) is 3.34. The second-order valence-corrected chi connectivity index (χ2v) is 6.86. The van der Waals surface area contributed by atoms with Gasteiger partial charge in [-0.25, -0.2) is 0 Å². The number of hydrogen-bond acceptors (Lipinski definition) is 3. The molecule has 2 aromatic carbocycles. The van der Waals surface area contributed by atoms with E-state index < -0.39 is 0 Å². The third-order valence-corrected chi connectivity index (χ3v) is 4.86. The Labute approximate surface area is 154 Å². The zero-order valence-electron chi connectivity index (χ0n) is 15.2. The van der Waals surface area contributed by atoms with E-state index in [1.165, 1.54) is 0 Å². The summed E-state index contributed by atoms with van der Waals surface area (Å²) in [6.07, 6.45) is 1.67. The van der Waals surface area contributed by atoms with Crippen LogP contribution in [0.15, 0.2) is 48.5 Å². The molecule has 0 radical (unpaired) electrons. The number of carbonyl (C=O) groups is 2. The molecule has 1 saturated heterocycles.